The van der Waals surface area contributed by atoms with Crippen molar-refractivity contribution in [3.05, 3.63) is 0 Å². The smallest absolute Gasteiger partial charge is 0.170 e. The Morgan fingerprint density at radius 3 is 1.90 bits per heavy atom. The lowest BCUT2D eigenvalue weighted by Crippen LogP contribution is -2.27. The predicted octanol–water partition coefficient (Wildman–Crippen LogP) is 2.64. The summed E-state index contributed by atoms with van der Waals surface area (Å²) in [5, 5.41) is -1.21. The molecule has 0 rings (SSSR count). The number of alkyl halides is 3. The molecule has 0 aromatic rings. The third-order valence-corrected chi connectivity index (χ3v) is 2.85. The maximum absolute atomic E-state index is 11.9. The van der Waals surface area contributed by atoms with E-state index in [2.05, 4.69) is 0 Å². The maximum atomic E-state index is 11.9. The molecule has 62 valence electrons. The Labute approximate surface area is 66.9 Å². The van der Waals surface area contributed by atoms with Crippen LogP contribution in [0.25, 0.3) is 0 Å². The van der Waals surface area contributed by atoms with Crippen molar-refractivity contribution in [2.45, 2.75) is 11.4 Å². The van der Waals surface area contributed by atoms with Gasteiger partial charge in [0.25, 0.3) is 0 Å². The fourth-order valence-electron chi connectivity index (χ4n) is 0.448. The van der Waals surface area contributed by atoms with Gasteiger partial charge in [-0.3, -0.25) is 0 Å². The first kappa shape index (κ1) is 10.5. The van der Waals surface area contributed by atoms with Gasteiger partial charge in [0.2, 0.25) is 0 Å². The second-order valence-electron chi connectivity index (χ2n) is 1.72. The maximum Gasteiger partial charge on any atom is 0.401 e. The fourth-order valence-corrected chi connectivity index (χ4v) is 2.16. The van der Waals surface area contributed by atoms with Crippen LogP contribution in [0, 0.1) is 0 Å². The van der Waals surface area contributed by atoms with Crippen molar-refractivity contribution in [2.24, 2.45) is 0 Å². The van der Waals surface area contributed by atoms with E-state index in [0.29, 0.717) is 0 Å². The molecule has 0 amide bonds. The molecule has 0 aromatic carbocycles. The lowest BCUT2D eigenvalue weighted by Gasteiger charge is -2.16. The van der Waals surface area contributed by atoms with E-state index >= 15 is 0 Å². The fraction of sp³-hybridized carbons (Fsp3) is 1.00. The van der Waals surface area contributed by atoms with Crippen LogP contribution in [0.3, 0.4) is 0 Å². The highest BCUT2D eigenvalue weighted by Gasteiger charge is 2.38. The van der Waals surface area contributed by atoms with E-state index in [-0.39, 0.29) is 5.75 Å². The molecule has 0 heterocycles. The SMILES string of the molecule is CSC[C@@H](SC)C(F)(F)F. The van der Waals surface area contributed by atoms with E-state index in [4.69, 9.17) is 0 Å². The average Bonchev–Trinajstić information content (AvgIpc) is 1.80. The summed E-state index contributed by atoms with van der Waals surface area (Å²) in [6.07, 6.45) is -0.883. The summed E-state index contributed by atoms with van der Waals surface area (Å²) in [6.45, 7) is 0. The van der Waals surface area contributed by atoms with Crippen LogP contribution in [-0.4, -0.2) is 29.7 Å². The summed E-state index contributed by atoms with van der Waals surface area (Å²) >= 11 is 2.08. The Balaban J connectivity index is 3.81. The van der Waals surface area contributed by atoms with Crippen molar-refractivity contribution in [1.29, 1.82) is 0 Å². The molecule has 1 atom stereocenters. The van der Waals surface area contributed by atoms with Gasteiger partial charge in [0.1, 0.15) is 5.25 Å². The van der Waals surface area contributed by atoms with E-state index in [1.54, 1.807) is 6.26 Å². The monoisotopic (exact) mass is 190 g/mol. The minimum Gasteiger partial charge on any atom is -0.170 e. The van der Waals surface area contributed by atoms with Crippen LogP contribution in [-0.2, 0) is 0 Å². The number of halogens is 3. The quantitative estimate of drug-likeness (QED) is 0.671. The van der Waals surface area contributed by atoms with Crippen molar-refractivity contribution in [1.82, 2.24) is 0 Å². The van der Waals surface area contributed by atoms with E-state index in [9.17, 15) is 13.2 Å². The second kappa shape index (κ2) is 4.38. The van der Waals surface area contributed by atoms with Crippen LogP contribution in [0.5, 0.6) is 0 Å². The van der Waals surface area contributed by atoms with E-state index in [0.717, 1.165) is 11.8 Å². The molecule has 0 unspecified atom stereocenters. The molecule has 0 aliphatic carbocycles. The van der Waals surface area contributed by atoms with E-state index in [1.165, 1.54) is 18.0 Å². The van der Waals surface area contributed by atoms with Gasteiger partial charge in [-0.1, -0.05) is 0 Å². The average molecular weight is 190 g/mol. The highest BCUT2D eigenvalue weighted by molar-refractivity contribution is 8.02. The molecule has 0 saturated heterocycles. The predicted molar refractivity (Wildman–Crippen MR) is 41.7 cm³/mol. The third-order valence-electron chi connectivity index (χ3n) is 0.968. The normalized spacial score (nSPS) is 15.3. The van der Waals surface area contributed by atoms with Crippen molar-refractivity contribution < 1.29 is 13.2 Å². The zero-order valence-corrected chi connectivity index (χ0v) is 7.37. The van der Waals surface area contributed by atoms with Crippen molar-refractivity contribution in [3.63, 3.8) is 0 Å². The Hall–Kier alpha value is 0.490. The van der Waals surface area contributed by atoms with Crippen LogP contribution in [0.1, 0.15) is 0 Å². The van der Waals surface area contributed by atoms with Gasteiger partial charge in [-0.25, -0.2) is 0 Å². The van der Waals surface area contributed by atoms with Crippen LogP contribution in [0.4, 0.5) is 13.2 Å². The minimum atomic E-state index is -4.04. The first-order valence-corrected chi connectivity index (χ1v) is 5.29. The standard InChI is InChI=1S/C5H9F3S2/c1-9-3-4(10-2)5(6,7)8/h4H,3H2,1-2H3/t4-/m1/s1. The summed E-state index contributed by atoms with van der Waals surface area (Å²) in [5.74, 6) is 0.144. The molecule has 0 nitrogen and oxygen atoms in total. The van der Waals surface area contributed by atoms with Gasteiger partial charge in [-0.2, -0.15) is 36.7 Å². The summed E-state index contributed by atoms with van der Waals surface area (Å²) in [5.41, 5.74) is 0. The first-order valence-electron chi connectivity index (χ1n) is 2.60. The van der Waals surface area contributed by atoms with Gasteiger partial charge in [0, 0.05) is 5.75 Å². The van der Waals surface area contributed by atoms with E-state index < -0.39 is 11.4 Å². The van der Waals surface area contributed by atoms with Gasteiger partial charge in [0.15, 0.2) is 0 Å². The Morgan fingerprint density at radius 2 is 1.80 bits per heavy atom. The number of hydrogen-bond donors (Lipinski definition) is 0. The zero-order chi connectivity index (χ0) is 8.20. The molecule has 0 aliphatic heterocycles. The summed E-state index contributed by atoms with van der Waals surface area (Å²) in [4.78, 5) is 0. The molecule has 0 spiro atoms. The van der Waals surface area contributed by atoms with Crippen molar-refractivity contribution in [2.75, 3.05) is 18.3 Å². The summed E-state index contributed by atoms with van der Waals surface area (Å²) in [6, 6.07) is 0. The second-order valence-corrected chi connectivity index (χ2v) is 3.67. The Bertz CT molecular complexity index is 91.4. The Kier molecular flexibility index (Phi) is 4.60. The highest BCUT2D eigenvalue weighted by Crippen LogP contribution is 2.30. The van der Waals surface area contributed by atoms with Gasteiger partial charge in [-0.15, -0.1) is 0 Å². The third kappa shape index (κ3) is 3.61. The molecule has 5 heteroatoms. The van der Waals surface area contributed by atoms with E-state index in [1.807, 2.05) is 0 Å². The molecule has 0 bridgehead atoms. The molecule has 10 heavy (non-hydrogen) atoms. The van der Waals surface area contributed by atoms with Crippen LogP contribution in [0.15, 0.2) is 0 Å². The largest absolute Gasteiger partial charge is 0.401 e. The molecular weight excluding hydrogens is 181 g/mol. The van der Waals surface area contributed by atoms with Gasteiger partial charge in [-0.05, 0) is 12.5 Å². The van der Waals surface area contributed by atoms with Gasteiger partial charge in [0.05, 0.1) is 0 Å². The highest BCUT2D eigenvalue weighted by atomic mass is 32.2. The number of rotatable bonds is 3. The molecule has 0 aliphatic rings. The van der Waals surface area contributed by atoms with Crippen molar-refractivity contribution >= 4 is 23.5 Å². The molecular formula is C5H9F3S2. The molecule has 0 saturated carbocycles. The molecule has 0 aromatic heterocycles. The summed E-state index contributed by atoms with van der Waals surface area (Å²) < 4.78 is 35.6. The van der Waals surface area contributed by atoms with Crippen molar-refractivity contribution in [3.8, 4) is 0 Å². The number of thioether (sulfide) groups is 2. The first-order chi connectivity index (χ1) is 4.52. The molecule has 0 radical (unpaired) electrons. The topological polar surface area (TPSA) is 0 Å². The molecule has 0 N–H and O–H groups in total. The van der Waals surface area contributed by atoms with Gasteiger partial charge >= 0.3 is 6.18 Å². The Morgan fingerprint density at radius 1 is 1.30 bits per heavy atom. The lowest BCUT2D eigenvalue weighted by molar-refractivity contribution is -0.124. The summed E-state index contributed by atoms with van der Waals surface area (Å²) in [7, 11) is 0. The van der Waals surface area contributed by atoms with Crippen LogP contribution < -0.4 is 0 Å². The van der Waals surface area contributed by atoms with Crippen LogP contribution >= 0.6 is 23.5 Å². The zero-order valence-electron chi connectivity index (χ0n) is 5.73. The molecule has 0 fully saturated rings. The minimum absolute atomic E-state index is 0.144. The number of hydrogen-bond acceptors (Lipinski definition) is 2. The van der Waals surface area contributed by atoms with Crippen LogP contribution in [0.2, 0.25) is 0 Å². The van der Waals surface area contributed by atoms with Gasteiger partial charge < -0.3 is 0 Å². The lowest BCUT2D eigenvalue weighted by atomic mass is 10.5.